The van der Waals surface area contributed by atoms with Crippen LogP contribution in [0.1, 0.15) is 50.8 Å². The normalized spacial score (nSPS) is 10.9. The molecule has 0 amide bonds. The van der Waals surface area contributed by atoms with E-state index < -0.39 is 0 Å². The van der Waals surface area contributed by atoms with E-state index in [0.717, 1.165) is 48.8 Å². The minimum Gasteiger partial charge on any atom is -0.493 e. The van der Waals surface area contributed by atoms with Gasteiger partial charge < -0.3 is 10.1 Å². The van der Waals surface area contributed by atoms with E-state index in [1.54, 1.807) is 0 Å². The van der Waals surface area contributed by atoms with Crippen LogP contribution < -0.4 is 10.1 Å². The lowest BCUT2D eigenvalue weighted by Gasteiger charge is -2.12. The Labute approximate surface area is 139 Å². The minimum absolute atomic E-state index is 0.767. The number of nitrogens with zero attached hydrogens (tertiary/aromatic N) is 1. The molecule has 0 fully saturated rings. The number of aromatic nitrogens is 2. The molecule has 0 atom stereocenters. The molecule has 0 aliphatic carbocycles. The molecule has 0 bridgehead atoms. The fourth-order valence-electron chi connectivity index (χ4n) is 2.64. The average molecular weight is 315 g/mol. The zero-order chi connectivity index (χ0) is 16.5. The van der Waals surface area contributed by atoms with Gasteiger partial charge in [0, 0.05) is 23.4 Å². The van der Waals surface area contributed by atoms with Crippen molar-refractivity contribution in [3.8, 4) is 17.0 Å². The minimum atomic E-state index is 0.767. The molecule has 126 valence electrons. The van der Waals surface area contributed by atoms with Crippen LogP contribution in [0.25, 0.3) is 11.3 Å². The van der Waals surface area contributed by atoms with Crippen LogP contribution in [-0.4, -0.2) is 23.3 Å². The maximum Gasteiger partial charge on any atom is 0.128 e. The van der Waals surface area contributed by atoms with Crippen LogP contribution >= 0.6 is 0 Å². The first kappa shape index (κ1) is 17.5. The van der Waals surface area contributed by atoms with Crippen LogP contribution in [0.5, 0.6) is 5.75 Å². The van der Waals surface area contributed by atoms with Gasteiger partial charge in [-0.2, -0.15) is 5.10 Å². The first-order valence-electron chi connectivity index (χ1n) is 8.74. The number of para-hydroxylation sites is 1. The van der Waals surface area contributed by atoms with Crippen molar-refractivity contribution in [2.75, 3.05) is 13.2 Å². The Hall–Kier alpha value is -1.81. The number of benzene rings is 1. The van der Waals surface area contributed by atoms with E-state index in [1.165, 1.54) is 24.8 Å². The van der Waals surface area contributed by atoms with E-state index in [-0.39, 0.29) is 0 Å². The lowest BCUT2D eigenvalue weighted by molar-refractivity contribution is 0.306. The summed E-state index contributed by atoms with van der Waals surface area (Å²) in [6.07, 6.45) is 4.85. The molecule has 4 heteroatoms. The van der Waals surface area contributed by atoms with Crippen LogP contribution in [0, 0.1) is 6.92 Å². The molecule has 0 saturated heterocycles. The highest BCUT2D eigenvalue weighted by molar-refractivity contribution is 5.70. The smallest absolute Gasteiger partial charge is 0.128 e. The molecule has 1 aromatic carbocycles. The Balaban J connectivity index is 2.13. The van der Waals surface area contributed by atoms with Gasteiger partial charge in [-0.15, -0.1) is 0 Å². The molecule has 2 aromatic rings. The van der Waals surface area contributed by atoms with Gasteiger partial charge in [-0.3, -0.25) is 5.10 Å². The zero-order valence-electron chi connectivity index (χ0n) is 14.6. The van der Waals surface area contributed by atoms with E-state index in [0.29, 0.717) is 0 Å². The second kappa shape index (κ2) is 9.36. The summed E-state index contributed by atoms with van der Waals surface area (Å²) in [4.78, 5) is 0. The predicted octanol–water partition coefficient (Wildman–Crippen LogP) is 4.45. The second-order valence-corrected chi connectivity index (χ2v) is 5.86. The van der Waals surface area contributed by atoms with Gasteiger partial charge in [0.2, 0.25) is 0 Å². The van der Waals surface area contributed by atoms with Crippen molar-refractivity contribution in [2.45, 2.75) is 53.0 Å². The Kier molecular flexibility index (Phi) is 7.14. The van der Waals surface area contributed by atoms with E-state index >= 15 is 0 Å². The standard InChI is InChI=1S/C19H29N3O/c1-4-6-7-10-13-23-18-12-9-8-11-16(18)19-17(14-20-5-2)15(3)21-22-19/h8-9,11-12,20H,4-7,10,13-14H2,1-3H3,(H,21,22). The Morgan fingerprint density at radius 2 is 1.96 bits per heavy atom. The van der Waals surface area contributed by atoms with Gasteiger partial charge in [-0.1, -0.05) is 45.2 Å². The second-order valence-electron chi connectivity index (χ2n) is 5.86. The number of aryl methyl sites for hydroxylation is 1. The lowest BCUT2D eigenvalue weighted by Crippen LogP contribution is -2.12. The molecule has 0 saturated carbocycles. The molecule has 1 aromatic heterocycles. The van der Waals surface area contributed by atoms with E-state index in [9.17, 15) is 0 Å². The summed E-state index contributed by atoms with van der Waals surface area (Å²) in [5.74, 6) is 0.924. The highest BCUT2D eigenvalue weighted by Crippen LogP contribution is 2.32. The average Bonchev–Trinajstić information content (AvgIpc) is 2.94. The Morgan fingerprint density at radius 3 is 2.74 bits per heavy atom. The van der Waals surface area contributed by atoms with Crippen LogP contribution in [0.3, 0.4) is 0 Å². The summed E-state index contributed by atoms with van der Waals surface area (Å²) in [6.45, 7) is 8.93. The summed E-state index contributed by atoms with van der Waals surface area (Å²) < 4.78 is 6.03. The maximum atomic E-state index is 6.03. The lowest BCUT2D eigenvalue weighted by atomic mass is 10.0. The summed E-state index contributed by atoms with van der Waals surface area (Å²) in [7, 11) is 0. The van der Waals surface area contributed by atoms with Crippen LogP contribution in [0.2, 0.25) is 0 Å². The fraction of sp³-hybridized carbons (Fsp3) is 0.526. The van der Waals surface area contributed by atoms with Gasteiger partial charge in [-0.25, -0.2) is 0 Å². The molecule has 4 nitrogen and oxygen atoms in total. The van der Waals surface area contributed by atoms with Crippen molar-refractivity contribution < 1.29 is 4.74 Å². The van der Waals surface area contributed by atoms with Gasteiger partial charge >= 0.3 is 0 Å². The number of H-pyrrole nitrogens is 1. The van der Waals surface area contributed by atoms with Gasteiger partial charge in [0.1, 0.15) is 11.4 Å². The SMILES string of the molecule is CCCCCCOc1ccccc1-c1n[nH]c(C)c1CNCC. The number of ether oxygens (including phenoxy) is 1. The van der Waals surface area contributed by atoms with E-state index in [4.69, 9.17) is 4.74 Å². The summed E-state index contributed by atoms with van der Waals surface area (Å²) in [6, 6.07) is 8.19. The highest BCUT2D eigenvalue weighted by atomic mass is 16.5. The van der Waals surface area contributed by atoms with Crippen molar-refractivity contribution in [3.63, 3.8) is 0 Å². The molecule has 1 heterocycles. The van der Waals surface area contributed by atoms with Gasteiger partial charge in [0.15, 0.2) is 0 Å². The highest BCUT2D eigenvalue weighted by Gasteiger charge is 2.15. The monoisotopic (exact) mass is 315 g/mol. The zero-order valence-corrected chi connectivity index (χ0v) is 14.6. The van der Waals surface area contributed by atoms with Crippen molar-refractivity contribution in [1.82, 2.24) is 15.5 Å². The fourth-order valence-corrected chi connectivity index (χ4v) is 2.64. The predicted molar refractivity (Wildman–Crippen MR) is 95.8 cm³/mol. The summed E-state index contributed by atoms with van der Waals surface area (Å²) in [5.41, 5.74) is 4.39. The Bertz CT molecular complexity index is 592. The topological polar surface area (TPSA) is 49.9 Å². The van der Waals surface area contributed by atoms with Gasteiger partial charge in [0.05, 0.1) is 6.61 Å². The molecule has 0 spiro atoms. The van der Waals surface area contributed by atoms with Crippen LogP contribution in [0.15, 0.2) is 24.3 Å². The number of hydrogen-bond donors (Lipinski definition) is 2. The number of aromatic amines is 1. The van der Waals surface area contributed by atoms with Gasteiger partial charge in [-0.05, 0) is 32.0 Å². The molecule has 23 heavy (non-hydrogen) atoms. The molecule has 0 radical (unpaired) electrons. The molecule has 2 rings (SSSR count). The molecular weight excluding hydrogens is 286 g/mol. The first-order chi connectivity index (χ1) is 11.3. The van der Waals surface area contributed by atoms with Crippen molar-refractivity contribution in [2.24, 2.45) is 0 Å². The molecule has 0 unspecified atom stereocenters. The third kappa shape index (κ3) is 4.83. The molecular formula is C19H29N3O. The third-order valence-corrected chi connectivity index (χ3v) is 4.02. The van der Waals surface area contributed by atoms with Crippen molar-refractivity contribution in [3.05, 3.63) is 35.5 Å². The van der Waals surface area contributed by atoms with Crippen molar-refractivity contribution in [1.29, 1.82) is 0 Å². The summed E-state index contributed by atoms with van der Waals surface area (Å²) >= 11 is 0. The number of nitrogens with one attached hydrogen (secondary N) is 2. The van der Waals surface area contributed by atoms with Crippen LogP contribution in [-0.2, 0) is 6.54 Å². The van der Waals surface area contributed by atoms with E-state index in [2.05, 4.69) is 42.4 Å². The van der Waals surface area contributed by atoms with Gasteiger partial charge in [0.25, 0.3) is 0 Å². The Morgan fingerprint density at radius 1 is 1.13 bits per heavy atom. The molecule has 0 aliphatic heterocycles. The van der Waals surface area contributed by atoms with Crippen LogP contribution in [0.4, 0.5) is 0 Å². The molecule has 2 N–H and O–H groups in total. The quantitative estimate of drug-likeness (QED) is 0.637. The summed E-state index contributed by atoms with van der Waals surface area (Å²) in [5, 5.41) is 11.0. The third-order valence-electron chi connectivity index (χ3n) is 4.02. The first-order valence-corrected chi connectivity index (χ1v) is 8.74. The van der Waals surface area contributed by atoms with Crippen molar-refractivity contribution >= 4 is 0 Å². The number of unbranched alkanes of at least 4 members (excludes halogenated alkanes) is 3. The maximum absolute atomic E-state index is 6.03. The largest absolute Gasteiger partial charge is 0.493 e. The molecule has 0 aliphatic rings. The number of hydrogen-bond acceptors (Lipinski definition) is 3. The number of rotatable bonds is 10. The van der Waals surface area contributed by atoms with E-state index in [1.807, 2.05) is 18.2 Å².